The lowest BCUT2D eigenvalue weighted by Gasteiger charge is -2.14. The molecule has 0 saturated heterocycles. The normalized spacial score (nSPS) is 11.2. The summed E-state index contributed by atoms with van der Waals surface area (Å²) in [4.78, 5) is 35.8. The van der Waals surface area contributed by atoms with E-state index >= 15 is 0 Å². The maximum absolute atomic E-state index is 12.1. The molecule has 27 heavy (non-hydrogen) atoms. The van der Waals surface area contributed by atoms with Gasteiger partial charge in [-0.1, -0.05) is 29.8 Å². The van der Waals surface area contributed by atoms with Crippen LogP contribution in [0.3, 0.4) is 0 Å². The summed E-state index contributed by atoms with van der Waals surface area (Å²) in [5, 5.41) is 5.36. The molecule has 7 nitrogen and oxygen atoms in total. The molecule has 2 amide bonds. The van der Waals surface area contributed by atoms with Gasteiger partial charge in [-0.05, 0) is 37.3 Å². The van der Waals surface area contributed by atoms with Crippen molar-refractivity contribution in [1.82, 2.24) is 5.32 Å². The molecule has 0 bridgehead atoms. The average molecular weight is 391 g/mol. The van der Waals surface area contributed by atoms with Gasteiger partial charge in [0.1, 0.15) is 12.3 Å². The number of benzene rings is 2. The summed E-state index contributed by atoms with van der Waals surface area (Å²) in [6, 6.07) is 13.2. The third-order valence-corrected chi connectivity index (χ3v) is 3.82. The number of carbonyl (C=O) groups is 3. The zero-order valence-electron chi connectivity index (χ0n) is 14.8. The number of halogens is 1. The number of nitrogens with one attached hydrogen (secondary N) is 2. The van der Waals surface area contributed by atoms with Gasteiger partial charge >= 0.3 is 5.97 Å². The molecule has 2 rings (SSSR count). The number of carbonyl (C=O) groups excluding carboxylic acids is 3. The summed E-state index contributed by atoms with van der Waals surface area (Å²) < 4.78 is 10.1. The lowest BCUT2D eigenvalue weighted by molar-refractivity contribution is -0.152. The van der Waals surface area contributed by atoms with Gasteiger partial charge in [-0.3, -0.25) is 14.4 Å². The largest absolute Gasteiger partial charge is 0.495 e. The second-order valence-electron chi connectivity index (χ2n) is 5.52. The van der Waals surface area contributed by atoms with Crippen LogP contribution in [0.2, 0.25) is 5.02 Å². The maximum atomic E-state index is 12.1. The lowest BCUT2D eigenvalue weighted by atomic mass is 10.2. The number of esters is 1. The Hall–Kier alpha value is -3.06. The van der Waals surface area contributed by atoms with Crippen molar-refractivity contribution in [3.05, 3.63) is 59.1 Å². The number of amides is 2. The number of rotatable bonds is 7. The van der Waals surface area contributed by atoms with E-state index in [9.17, 15) is 14.4 Å². The monoisotopic (exact) mass is 390 g/mol. The molecule has 8 heteroatoms. The SMILES string of the molecule is COc1ccc(NC(=O)C(C)OC(=O)CNC(=O)c2ccccc2)cc1Cl. The van der Waals surface area contributed by atoms with Gasteiger partial charge in [0.15, 0.2) is 6.10 Å². The van der Waals surface area contributed by atoms with Crippen molar-refractivity contribution in [3.63, 3.8) is 0 Å². The van der Waals surface area contributed by atoms with Crippen molar-refractivity contribution in [2.24, 2.45) is 0 Å². The van der Waals surface area contributed by atoms with Gasteiger partial charge in [0.25, 0.3) is 11.8 Å². The van der Waals surface area contributed by atoms with Crippen LogP contribution in [0.5, 0.6) is 5.75 Å². The summed E-state index contributed by atoms with van der Waals surface area (Å²) in [5.41, 5.74) is 0.860. The van der Waals surface area contributed by atoms with Crippen LogP contribution in [0.25, 0.3) is 0 Å². The van der Waals surface area contributed by atoms with E-state index in [0.29, 0.717) is 22.0 Å². The van der Waals surface area contributed by atoms with Crippen molar-refractivity contribution < 1.29 is 23.9 Å². The molecule has 0 heterocycles. The average Bonchev–Trinajstić information content (AvgIpc) is 2.66. The molecule has 1 unspecified atom stereocenters. The quantitative estimate of drug-likeness (QED) is 0.709. The minimum absolute atomic E-state index is 0.337. The molecule has 0 aliphatic carbocycles. The highest BCUT2D eigenvalue weighted by Gasteiger charge is 2.19. The first-order valence-corrected chi connectivity index (χ1v) is 8.45. The summed E-state index contributed by atoms with van der Waals surface area (Å²) in [6.07, 6.45) is -1.05. The van der Waals surface area contributed by atoms with Crippen LogP contribution < -0.4 is 15.4 Å². The van der Waals surface area contributed by atoms with Gasteiger partial charge < -0.3 is 20.1 Å². The van der Waals surface area contributed by atoms with E-state index in [4.69, 9.17) is 21.1 Å². The molecule has 142 valence electrons. The van der Waals surface area contributed by atoms with Crippen LogP contribution in [0.15, 0.2) is 48.5 Å². The molecule has 2 aromatic carbocycles. The highest BCUT2D eigenvalue weighted by molar-refractivity contribution is 6.32. The summed E-state index contributed by atoms with van der Waals surface area (Å²) in [6.45, 7) is 1.08. The van der Waals surface area contributed by atoms with Gasteiger partial charge in [-0.25, -0.2) is 0 Å². The van der Waals surface area contributed by atoms with Crippen molar-refractivity contribution in [2.45, 2.75) is 13.0 Å². The van der Waals surface area contributed by atoms with Crippen LogP contribution >= 0.6 is 11.6 Å². The maximum Gasteiger partial charge on any atom is 0.326 e. The van der Waals surface area contributed by atoms with Gasteiger partial charge in [-0.2, -0.15) is 0 Å². The standard InChI is InChI=1S/C19H19ClN2O5/c1-12(18(24)22-14-8-9-16(26-2)15(20)10-14)27-17(23)11-21-19(25)13-6-4-3-5-7-13/h3-10,12H,11H2,1-2H3,(H,21,25)(H,22,24). The molecule has 2 aromatic rings. The van der Waals surface area contributed by atoms with Crippen molar-refractivity contribution in [2.75, 3.05) is 19.0 Å². The molecule has 0 radical (unpaired) electrons. The predicted molar refractivity (Wildman–Crippen MR) is 101 cm³/mol. The van der Waals surface area contributed by atoms with Crippen molar-refractivity contribution in [1.29, 1.82) is 0 Å². The van der Waals surface area contributed by atoms with Crippen LogP contribution in [0.4, 0.5) is 5.69 Å². The third-order valence-electron chi connectivity index (χ3n) is 3.53. The van der Waals surface area contributed by atoms with Crippen molar-refractivity contribution in [3.8, 4) is 5.75 Å². The number of anilines is 1. The van der Waals surface area contributed by atoms with E-state index < -0.39 is 23.9 Å². The number of hydrogen-bond donors (Lipinski definition) is 2. The van der Waals surface area contributed by atoms with E-state index in [-0.39, 0.29) is 6.54 Å². The fourth-order valence-corrected chi connectivity index (χ4v) is 2.38. The Kier molecular flexibility index (Phi) is 7.19. The molecule has 0 spiro atoms. The molecular formula is C19H19ClN2O5. The Morgan fingerprint density at radius 3 is 2.44 bits per heavy atom. The molecule has 0 aliphatic heterocycles. The van der Waals surface area contributed by atoms with E-state index in [2.05, 4.69) is 10.6 Å². The minimum atomic E-state index is -1.05. The molecule has 0 aliphatic rings. The van der Waals surface area contributed by atoms with E-state index in [0.717, 1.165) is 0 Å². The molecule has 1 atom stereocenters. The number of hydrogen-bond acceptors (Lipinski definition) is 5. The molecule has 0 aromatic heterocycles. The van der Waals surface area contributed by atoms with E-state index in [1.54, 1.807) is 42.5 Å². The van der Waals surface area contributed by atoms with Gasteiger partial charge in [-0.15, -0.1) is 0 Å². The van der Waals surface area contributed by atoms with E-state index in [1.807, 2.05) is 0 Å². The van der Waals surface area contributed by atoms with E-state index in [1.165, 1.54) is 20.1 Å². The van der Waals surface area contributed by atoms with Crippen LogP contribution in [0, 0.1) is 0 Å². The van der Waals surface area contributed by atoms with Gasteiger partial charge in [0, 0.05) is 11.3 Å². The summed E-state index contributed by atoms with van der Waals surface area (Å²) in [5.74, 6) is -1.19. The van der Waals surface area contributed by atoms with Gasteiger partial charge in [0.05, 0.1) is 12.1 Å². The molecule has 0 fully saturated rings. The zero-order valence-corrected chi connectivity index (χ0v) is 15.6. The first kappa shape index (κ1) is 20.3. The molecule has 0 saturated carbocycles. The fraction of sp³-hybridized carbons (Fsp3) is 0.211. The summed E-state index contributed by atoms with van der Waals surface area (Å²) >= 11 is 6.00. The first-order valence-electron chi connectivity index (χ1n) is 8.08. The fourth-order valence-electron chi connectivity index (χ4n) is 2.12. The Bertz CT molecular complexity index is 826. The zero-order chi connectivity index (χ0) is 19.8. The number of methoxy groups -OCH3 is 1. The Morgan fingerprint density at radius 2 is 1.81 bits per heavy atom. The van der Waals surface area contributed by atoms with Crippen LogP contribution in [-0.2, 0) is 14.3 Å². The van der Waals surface area contributed by atoms with Crippen LogP contribution in [-0.4, -0.2) is 37.5 Å². The highest BCUT2D eigenvalue weighted by atomic mass is 35.5. The first-order chi connectivity index (χ1) is 12.9. The third kappa shape index (κ3) is 6.00. The Labute approximate surface area is 161 Å². The lowest BCUT2D eigenvalue weighted by Crippen LogP contribution is -2.35. The summed E-state index contributed by atoms with van der Waals surface area (Å²) in [7, 11) is 1.48. The second kappa shape index (κ2) is 9.59. The topological polar surface area (TPSA) is 93.7 Å². The Balaban J connectivity index is 1.82. The number of ether oxygens (including phenoxy) is 2. The molecule has 2 N–H and O–H groups in total. The smallest absolute Gasteiger partial charge is 0.326 e. The van der Waals surface area contributed by atoms with Crippen molar-refractivity contribution >= 4 is 35.1 Å². The second-order valence-corrected chi connectivity index (χ2v) is 5.93. The predicted octanol–water partition coefficient (Wildman–Crippen LogP) is 2.65. The van der Waals surface area contributed by atoms with Crippen LogP contribution in [0.1, 0.15) is 17.3 Å². The minimum Gasteiger partial charge on any atom is -0.495 e. The molecular weight excluding hydrogens is 372 g/mol. The Morgan fingerprint density at radius 1 is 1.11 bits per heavy atom. The highest BCUT2D eigenvalue weighted by Crippen LogP contribution is 2.27. The van der Waals surface area contributed by atoms with Gasteiger partial charge in [0.2, 0.25) is 0 Å².